The van der Waals surface area contributed by atoms with Crippen LogP contribution in [0.4, 0.5) is 4.79 Å². The van der Waals surface area contributed by atoms with Gasteiger partial charge in [-0.3, -0.25) is 0 Å². The molecule has 1 atom stereocenters. The number of carbonyl (C=O) groups excluding carboxylic acids is 2. The van der Waals surface area contributed by atoms with E-state index in [0.717, 1.165) is 0 Å². The molecule has 1 N–H and O–H groups in total. The highest BCUT2D eigenvalue weighted by atomic mass is 35.5. The molecule has 0 aliphatic carbocycles. The lowest BCUT2D eigenvalue weighted by Gasteiger charge is -2.26. The molecule has 2 aromatic rings. The minimum absolute atomic E-state index is 0.0660. The fraction of sp³-hybridized carbons (Fsp3) is 0.333. The van der Waals surface area contributed by atoms with Crippen molar-refractivity contribution in [2.45, 2.75) is 32.5 Å². The second kappa shape index (κ2) is 9.08. The summed E-state index contributed by atoms with van der Waals surface area (Å²) >= 11 is 5.87. The summed E-state index contributed by atoms with van der Waals surface area (Å²) in [4.78, 5) is 25.4. The molecule has 0 saturated heterocycles. The summed E-state index contributed by atoms with van der Waals surface area (Å²) in [5, 5.41) is 10.8. The van der Waals surface area contributed by atoms with E-state index in [1.54, 1.807) is 70.3 Å². The third kappa shape index (κ3) is 6.55. The molecule has 0 bridgehead atoms. The Morgan fingerprint density at radius 3 is 2.36 bits per heavy atom. The second-order valence-electron chi connectivity index (χ2n) is 7.35. The molecule has 0 radical (unpaired) electrons. The first-order valence-corrected chi connectivity index (χ1v) is 9.13. The number of nitrogens with zero attached hydrogens (tertiary/aromatic N) is 1. The van der Waals surface area contributed by atoms with Gasteiger partial charge in [-0.15, -0.1) is 0 Å². The summed E-state index contributed by atoms with van der Waals surface area (Å²) < 4.78 is 10.6. The molecule has 1 unspecified atom stereocenters. The first-order chi connectivity index (χ1) is 13.0. The third-order valence-corrected chi connectivity index (χ3v) is 3.92. The number of aliphatic hydroxyl groups is 1. The number of carbonyl (C=O) groups is 2. The van der Waals surface area contributed by atoms with Gasteiger partial charge in [-0.05, 0) is 56.7 Å². The minimum atomic E-state index is -0.907. The quantitative estimate of drug-likeness (QED) is 0.587. The van der Waals surface area contributed by atoms with Crippen LogP contribution in [-0.4, -0.2) is 41.3 Å². The monoisotopic (exact) mass is 405 g/mol. The lowest BCUT2D eigenvalue weighted by Crippen LogP contribution is -2.36. The molecule has 7 heteroatoms. The number of hydrogen-bond donors (Lipinski definition) is 1. The van der Waals surface area contributed by atoms with Crippen LogP contribution in [0.3, 0.4) is 0 Å². The summed E-state index contributed by atoms with van der Waals surface area (Å²) in [7, 11) is 1.55. The fourth-order valence-electron chi connectivity index (χ4n) is 2.32. The van der Waals surface area contributed by atoms with Crippen molar-refractivity contribution < 1.29 is 24.2 Å². The number of benzene rings is 2. The first kappa shape index (κ1) is 21.7. The number of amides is 1. The van der Waals surface area contributed by atoms with E-state index in [0.29, 0.717) is 21.9 Å². The molecule has 0 aliphatic heterocycles. The zero-order valence-electron chi connectivity index (χ0n) is 16.3. The van der Waals surface area contributed by atoms with Gasteiger partial charge in [-0.2, -0.15) is 0 Å². The predicted octanol–water partition coefficient (Wildman–Crippen LogP) is 4.46. The maximum atomic E-state index is 12.1. The zero-order valence-corrected chi connectivity index (χ0v) is 17.1. The van der Waals surface area contributed by atoms with Gasteiger partial charge >= 0.3 is 12.1 Å². The van der Waals surface area contributed by atoms with Gasteiger partial charge in [-0.25, -0.2) is 9.59 Å². The van der Waals surface area contributed by atoms with Crippen LogP contribution in [0.25, 0.3) is 0 Å². The van der Waals surface area contributed by atoms with Crippen molar-refractivity contribution in [1.82, 2.24) is 4.90 Å². The smallest absolute Gasteiger partial charge is 0.410 e. The molecule has 150 valence electrons. The van der Waals surface area contributed by atoms with E-state index in [1.807, 2.05) is 0 Å². The van der Waals surface area contributed by atoms with Crippen molar-refractivity contribution in [3.63, 3.8) is 0 Å². The molecule has 0 aliphatic rings. The number of rotatable bonds is 5. The highest BCUT2D eigenvalue weighted by molar-refractivity contribution is 6.30. The predicted molar refractivity (Wildman–Crippen MR) is 107 cm³/mol. The minimum Gasteiger partial charge on any atom is -0.444 e. The molecule has 1 amide bonds. The summed E-state index contributed by atoms with van der Waals surface area (Å²) in [6.45, 7) is 5.40. The average molecular weight is 406 g/mol. The number of ether oxygens (including phenoxy) is 2. The van der Waals surface area contributed by atoms with E-state index < -0.39 is 23.8 Å². The molecule has 0 saturated carbocycles. The van der Waals surface area contributed by atoms with Gasteiger partial charge in [0.25, 0.3) is 0 Å². The average Bonchev–Trinajstić information content (AvgIpc) is 2.60. The molecular formula is C21H24ClNO5. The van der Waals surface area contributed by atoms with Gasteiger partial charge in [0.1, 0.15) is 11.4 Å². The lowest BCUT2D eigenvalue weighted by molar-refractivity contribution is 0.0205. The molecule has 2 rings (SSSR count). The number of aliphatic hydroxyl groups excluding tert-OH is 1. The van der Waals surface area contributed by atoms with Crippen molar-refractivity contribution in [1.29, 1.82) is 0 Å². The van der Waals surface area contributed by atoms with Crippen LogP contribution in [0.5, 0.6) is 5.75 Å². The molecule has 28 heavy (non-hydrogen) atoms. The maximum Gasteiger partial charge on any atom is 0.410 e. The number of likely N-dealkylation sites (N-methyl/N-ethyl adjacent to an activating group) is 1. The Hall–Kier alpha value is -2.57. The van der Waals surface area contributed by atoms with Crippen LogP contribution < -0.4 is 4.74 Å². The normalized spacial score (nSPS) is 12.2. The van der Waals surface area contributed by atoms with Crippen LogP contribution in [0.1, 0.15) is 42.8 Å². The molecule has 0 heterocycles. The Kier molecular flexibility index (Phi) is 7.05. The Balaban J connectivity index is 1.96. The number of hydrogen-bond acceptors (Lipinski definition) is 5. The van der Waals surface area contributed by atoms with Crippen LogP contribution in [0, 0.1) is 0 Å². The van der Waals surface area contributed by atoms with Crippen LogP contribution >= 0.6 is 11.6 Å². The first-order valence-electron chi connectivity index (χ1n) is 8.75. The summed E-state index contributed by atoms with van der Waals surface area (Å²) in [6.07, 6.45) is -1.42. The number of halogens is 1. The Labute approximate surface area is 169 Å². The van der Waals surface area contributed by atoms with Gasteiger partial charge in [0.15, 0.2) is 0 Å². The van der Waals surface area contributed by atoms with Crippen molar-refractivity contribution in [3.8, 4) is 5.75 Å². The van der Waals surface area contributed by atoms with Crippen molar-refractivity contribution in [2.24, 2.45) is 0 Å². The van der Waals surface area contributed by atoms with Crippen molar-refractivity contribution in [3.05, 3.63) is 64.7 Å². The lowest BCUT2D eigenvalue weighted by atomic mass is 10.1. The Morgan fingerprint density at radius 1 is 1.14 bits per heavy atom. The molecule has 6 nitrogen and oxygen atoms in total. The van der Waals surface area contributed by atoms with E-state index in [2.05, 4.69) is 0 Å². The van der Waals surface area contributed by atoms with Gasteiger partial charge in [0.2, 0.25) is 0 Å². The van der Waals surface area contributed by atoms with Crippen LogP contribution in [0.2, 0.25) is 5.02 Å². The SMILES string of the molecule is CN(CC(O)c1ccc(OC(=O)c2cccc(Cl)c2)cc1)C(=O)OC(C)(C)C. The Morgan fingerprint density at radius 2 is 1.79 bits per heavy atom. The van der Waals surface area contributed by atoms with Crippen LogP contribution in [-0.2, 0) is 4.74 Å². The largest absolute Gasteiger partial charge is 0.444 e. The zero-order chi connectivity index (χ0) is 20.9. The topological polar surface area (TPSA) is 76.1 Å². The van der Waals surface area contributed by atoms with Crippen molar-refractivity contribution >= 4 is 23.7 Å². The van der Waals surface area contributed by atoms with Crippen LogP contribution in [0.15, 0.2) is 48.5 Å². The maximum absolute atomic E-state index is 12.1. The van der Waals surface area contributed by atoms with E-state index in [9.17, 15) is 14.7 Å². The molecule has 0 spiro atoms. The number of esters is 1. The molecule has 0 fully saturated rings. The van der Waals surface area contributed by atoms with E-state index >= 15 is 0 Å². The fourth-order valence-corrected chi connectivity index (χ4v) is 2.51. The third-order valence-electron chi connectivity index (χ3n) is 3.69. The van der Waals surface area contributed by atoms with Crippen molar-refractivity contribution in [2.75, 3.05) is 13.6 Å². The highest BCUT2D eigenvalue weighted by Crippen LogP contribution is 2.21. The van der Waals surface area contributed by atoms with Gasteiger partial charge in [0.05, 0.1) is 18.2 Å². The van der Waals surface area contributed by atoms with Gasteiger partial charge < -0.3 is 19.5 Å². The van der Waals surface area contributed by atoms with E-state index in [4.69, 9.17) is 21.1 Å². The summed E-state index contributed by atoms with van der Waals surface area (Å²) in [5.41, 5.74) is 0.318. The van der Waals surface area contributed by atoms with E-state index in [-0.39, 0.29) is 6.54 Å². The van der Waals surface area contributed by atoms with Gasteiger partial charge in [-0.1, -0.05) is 29.8 Å². The highest BCUT2D eigenvalue weighted by Gasteiger charge is 2.22. The standard InChI is InChI=1S/C21H24ClNO5/c1-21(2,3)28-20(26)23(4)13-18(24)14-8-10-17(11-9-14)27-19(25)15-6-5-7-16(22)12-15/h5-12,18,24H,13H2,1-4H3. The van der Waals surface area contributed by atoms with E-state index in [1.165, 1.54) is 11.0 Å². The van der Waals surface area contributed by atoms with Gasteiger partial charge in [0, 0.05) is 12.1 Å². The second-order valence-corrected chi connectivity index (χ2v) is 7.78. The molecule has 0 aromatic heterocycles. The summed E-state index contributed by atoms with van der Waals surface area (Å²) in [5.74, 6) is -0.193. The Bertz CT molecular complexity index is 829. The summed E-state index contributed by atoms with van der Waals surface area (Å²) in [6, 6.07) is 12.9. The molecule has 2 aromatic carbocycles. The molecular weight excluding hydrogens is 382 g/mol.